The van der Waals surface area contributed by atoms with Crippen LogP contribution in [0.4, 0.5) is 13.2 Å². The normalized spacial score (nSPS) is 14.2. The Morgan fingerprint density at radius 3 is 2.46 bits per heavy atom. The van der Waals surface area contributed by atoms with Gasteiger partial charge in [-0.25, -0.2) is 0 Å². The van der Waals surface area contributed by atoms with Gasteiger partial charge >= 0.3 is 6.36 Å². The van der Waals surface area contributed by atoms with Gasteiger partial charge in [0.2, 0.25) is 5.91 Å². The minimum absolute atomic E-state index is 0.102. The molecule has 1 aliphatic heterocycles. The van der Waals surface area contributed by atoms with Gasteiger partial charge in [-0.15, -0.1) is 13.2 Å². The number of nitrogens with zero attached hydrogens (tertiary/aromatic N) is 1. The summed E-state index contributed by atoms with van der Waals surface area (Å²) in [5.74, 6) is -0.631. The van der Waals surface area contributed by atoms with Crippen LogP contribution in [0.15, 0.2) is 48.5 Å². The number of halogens is 3. The molecule has 2 aromatic carbocycles. The van der Waals surface area contributed by atoms with Gasteiger partial charge < -0.3 is 15.0 Å². The molecule has 1 heterocycles. The van der Waals surface area contributed by atoms with E-state index in [4.69, 9.17) is 0 Å². The summed E-state index contributed by atoms with van der Waals surface area (Å²) in [6, 6.07) is 12.4. The van der Waals surface area contributed by atoms with Gasteiger partial charge in [-0.1, -0.05) is 30.3 Å². The van der Waals surface area contributed by atoms with Crippen LogP contribution in [0, 0.1) is 0 Å². The molecular weight excluding hydrogens is 373 g/mol. The van der Waals surface area contributed by atoms with Gasteiger partial charge in [-0.05, 0) is 30.2 Å². The zero-order chi connectivity index (χ0) is 20.1. The van der Waals surface area contributed by atoms with Crippen molar-refractivity contribution in [2.45, 2.75) is 32.3 Å². The highest BCUT2D eigenvalue weighted by Crippen LogP contribution is 2.26. The molecule has 0 saturated carbocycles. The van der Waals surface area contributed by atoms with Gasteiger partial charge in [0.1, 0.15) is 5.75 Å². The van der Waals surface area contributed by atoms with Crippen LogP contribution in [0.5, 0.6) is 5.75 Å². The third-order valence-corrected chi connectivity index (χ3v) is 4.40. The van der Waals surface area contributed by atoms with Crippen molar-refractivity contribution >= 4 is 11.8 Å². The summed E-state index contributed by atoms with van der Waals surface area (Å²) in [6.45, 7) is 1.14. The Labute approximate surface area is 160 Å². The lowest BCUT2D eigenvalue weighted by Gasteiger charge is -2.16. The summed E-state index contributed by atoms with van der Waals surface area (Å²) in [7, 11) is 0. The molecule has 1 N–H and O–H groups in total. The van der Waals surface area contributed by atoms with Crippen LogP contribution < -0.4 is 10.1 Å². The minimum Gasteiger partial charge on any atom is -0.405 e. The second kappa shape index (κ2) is 8.33. The van der Waals surface area contributed by atoms with E-state index in [1.807, 2.05) is 0 Å². The van der Waals surface area contributed by atoms with Crippen LogP contribution in [-0.4, -0.2) is 29.6 Å². The Hall–Kier alpha value is -3.03. The maximum atomic E-state index is 12.5. The SMILES string of the molecule is O=C(NCc1ccccc1OC(F)(F)F)c1ccc(CN2CCCC2=O)cc1. The maximum Gasteiger partial charge on any atom is 0.573 e. The van der Waals surface area contributed by atoms with E-state index in [-0.39, 0.29) is 23.8 Å². The highest BCUT2D eigenvalue weighted by atomic mass is 19.4. The molecule has 0 unspecified atom stereocenters. The molecule has 2 amide bonds. The van der Waals surface area contributed by atoms with Crippen LogP contribution in [0.2, 0.25) is 0 Å². The summed E-state index contributed by atoms with van der Waals surface area (Å²) >= 11 is 0. The average molecular weight is 392 g/mol. The molecule has 5 nitrogen and oxygen atoms in total. The number of carbonyl (C=O) groups excluding carboxylic acids is 2. The lowest BCUT2D eigenvalue weighted by atomic mass is 10.1. The Morgan fingerprint density at radius 1 is 1.11 bits per heavy atom. The second-order valence-electron chi connectivity index (χ2n) is 6.45. The van der Waals surface area contributed by atoms with Crippen LogP contribution in [0.3, 0.4) is 0 Å². The summed E-state index contributed by atoms with van der Waals surface area (Å²) in [6.07, 6.45) is -3.37. The molecule has 0 radical (unpaired) electrons. The molecule has 2 aromatic rings. The van der Waals surface area contributed by atoms with E-state index >= 15 is 0 Å². The van der Waals surface area contributed by atoms with Crippen molar-refractivity contribution in [3.05, 3.63) is 65.2 Å². The first-order valence-corrected chi connectivity index (χ1v) is 8.80. The molecule has 28 heavy (non-hydrogen) atoms. The monoisotopic (exact) mass is 392 g/mol. The van der Waals surface area contributed by atoms with E-state index in [0.717, 1.165) is 18.5 Å². The van der Waals surface area contributed by atoms with E-state index in [1.165, 1.54) is 18.2 Å². The van der Waals surface area contributed by atoms with Gasteiger partial charge in [-0.2, -0.15) is 0 Å². The fourth-order valence-corrected chi connectivity index (χ4v) is 3.00. The zero-order valence-corrected chi connectivity index (χ0v) is 15.0. The molecule has 0 aromatic heterocycles. The van der Waals surface area contributed by atoms with E-state index in [1.54, 1.807) is 35.2 Å². The topological polar surface area (TPSA) is 58.6 Å². The fourth-order valence-electron chi connectivity index (χ4n) is 3.00. The Morgan fingerprint density at radius 2 is 1.82 bits per heavy atom. The molecule has 148 valence electrons. The number of benzene rings is 2. The molecule has 8 heteroatoms. The number of amides is 2. The van der Waals surface area contributed by atoms with Gasteiger partial charge in [0.05, 0.1) is 0 Å². The predicted molar refractivity (Wildman–Crippen MR) is 95.4 cm³/mol. The van der Waals surface area contributed by atoms with Crippen molar-refractivity contribution in [2.24, 2.45) is 0 Å². The maximum absolute atomic E-state index is 12.5. The van der Waals surface area contributed by atoms with E-state index in [0.29, 0.717) is 18.5 Å². The molecule has 3 rings (SSSR count). The summed E-state index contributed by atoms with van der Waals surface area (Å²) in [4.78, 5) is 25.7. The van der Waals surface area contributed by atoms with Crippen molar-refractivity contribution in [3.8, 4) is 5.75 Å². The Balaban J connectivity index is 1.59. The van der Waals surface area contributed by atoms with Gasteiger partial charge in [0, 0.05) is 37.2 Å². The second-order valence-corrected chi connectivity index (χ2v) is 6.45. The minimum atomic E-state index is -4.80. The molecule has 0 bridgehead atoms. The molecular formula is C20H19F3N2O3. The zero-order valence-electron chi connectivity index (χ0n) is 15.0. The van der Waals surface area contributed by atoms with Crippen LogP contribution in [-0.2, 0) is 17.9 Å². The number of rotatable bonds is 6. The Kier molecular flexibility index (Phi) is 5.87. The van der Waals surface area contributed by atoms with E-state index in [9.17, 15) is 22.8 Å². The Bertz CT molecular complexity index is 851. The van der Waals surface area contributed by atoms with Crippen molar-refractivity contribution < 1.29 is 27.5 Å². The molecule has 0 spiro atoms. The molecule has 0 atom stereocenters. The number of nitrogens with one attached hydrogen (secondary N) is 1. The standard InChI is InChI=1S/C20H19F3N2O3/c21-20(22,23)28-17-5-2-1-4-16(17)12-24-19(27)15-9-7-14(8-10-15)13-25-11-3-6-18(25)26/h1-2,4-5,7-10H,3,6,11-13H2,(H,24,27). The molecule has 1 saturated heterocycles. The first kappa shape index (κ1) is 19.7. The first-order chi connectivity index (χ1) is 13.3. The average Bonchev–Trinajstić information content (AvgIpc) is 3.05. The summed E-state index contributed by atoms with van der Waals surface area (Å²) < 4.78 is 41.4. The number of hydrogen-bond acceptors (Lipinski definition) is 3. The molecule has 1 fully saturated rings. The van der Waals surface area contributed by atoms with Gasteiger partial charge in [-0.3, -0.25) is 9.59 Å². The number of hydrogen-bond donors (Lipinski definition) is 1. The predicted octanol–water partition coefficient (Wildman–Crippen LogP) is 3.64. The number of likely N-dealkylation sites (tertiary alicyclic amines) is 1. The van der Waals surface area contributed by atoms with Crippen LogP contribution >= 0.6 is 0 Å². The highest BCUT2D eigenvalue weighted by Gasteiger charge is 2.32. The third kappa shape index (κ3) is 5.25. The van der Waals surface area contributed by atoms with Crippen LogP contribution in [0.1, 0.15) is 34.3 Å². The number of ether oxygens (including phenoxy) is 1. The van der Waals surface area contributed by atoms with Crippen LogP contribution in [0.25, 0.3) is 0 Å². The van der Waals surface area contributed by atoms with E-state index in [2.05, 4.69) is 10.1 Å². The quantitative estimate of drug-likeness (QED) is 0.817. The van der Waals surface area contributed by atoms with Crippen molar-refractivity contribution in [3.63, 3.8) is 0 Å². The summed E-state index contributed by atoms with van der Waals surface area (Å²) in [5, 5.41) is 2.59. The lowest BCUT2D eigenvalue weighted by molar-refractivity contribution is -0.274. The highest BCUT2D eigenvalue weighted by molar-refractivity contribution is 5.94. The fraction of sp³-hybridized carbons (Fsp3) is 0.300. The number of para-hydroxylation sites is 1. The number of alkyl halides is 3. The first-order valence-electron chi connectivity index (χ1n) is 8.80. The number of carbonyl (C=O) groups is 2. The van der Waals surface area contributed by atoms with Crippen molar-refractivity contribution in [2.75, 3.05) is 6.54 Å². The van der Waals surface area contributed by atoms with Gasteiger partial charge in [0.25, 0.3) is 5.91 Å². The van der Waals surface area contributed by atoms with Crippen molar-refractivity contribution in [1.82, 2.24) is 10.2 Å². The smallest absolute Gasteiger partial charge is 0.405 e. The molecule has 0 aliphatic carbocycles. The largest absolute Gasteiger partial charge is 0.573 e. The van der Waals surface area contributed by atoms with Crippen molar-refractivity contribution in [1.29, 1.82) is 0 Å². The van der Waals surface area contributed by atoms with E-state index < -0.39 is 12.3 Å². The molecule has 1 aliphatic rings. The lowest BCUT2D eigenvalue weighted by Crippen LogP contribution is -2.25. The van der Waals surface area contributed by atoms with Gasteiger partial charge in [0.15, 0.2) is 0 Å². The third-order valence-electron chi connectivity index (χ3n) is 4.40. The summed E-state index contributed by atoms with van der Waals surface area (Å²) in [5.41, 5.74) is 1.51.